The van der Waals surface area contributed by atoms with Crippen molar-refractivity contribution in [3.8, 4) is 0 Å². The number of hydrogen-bond donors (Lipinski definition) is 0. The Balaban J connectivity index is 2.83. The summed E-state index contributed by atoms with van der Waals surface area (Å²) in [6, 6.07) is 0. The number of unbranched alkanes of at least 4 members (excludes halogenated alkanes) is 19. The minimum atomic E-state index is -1.49. The third-order valence-corrected chi connectivity index (χ3v) is 11.1. The molecule has 384 valence electrons. The largest absolute Gasteiger partial charge is 0.463 e. The molecule has 0 amide bonds. The van der Waals surface area contributed by atoms with E-state index in [9.17, 15) is 28.8 Å². The summed E-state index contributed by atoms with van der Waals surface area (Å²) in [5, 5.41) is 0. The monoisotopic (exact) mass is 949 g/mol. The van der Waals surface area contributed by atoms with Crippen LogP contribution in [0.25, 0.3) is 0 Å². The molecule has 0 aromatic heterocycles. The lowest BCUT2D eigenvalue weighted by atomic mass is 9.98. The van der Waals surface area contributed by atoms with Crippen molar-refractivity contribution in [2.45, 2.75) is 245 Å². The molecule has 1 aliphatic heterocycles. The molecule has 1 unspecified atom stereocenters. The van der Waals surface area contributed by atoms with Crippen molar-refractivity contribution in [2.75, 3.05) is 19.8 Å². The fraction of sp³-hybridized carbons (Fsp3) is 0.774. The van der Waals surface area contributed by atoms with Gasteiger partial charge in [-0.25, -0.2) is 0 Å². The van der Waals surface area contributed by atoms with Gasteiger partial charge in [-0.1, -0.05) is 159 Å². The maximum atomic E-state index is 13.2. The molecular weight excluding hydrogens is 861 g/mol. The maximum Gasteiger partial charge on any atom is 0.306 e. The number of rotatable bonds is 40. The normalized spacial score (nSPS) is 18.8. The average molecular weight is 949 g/mol. The Hall–Kier alpha value is -4.04. The van der Waals surface area contributed by atoms with Gasteiger partial charge in [-0.05, 0) is 44.9 Å². The van der Waals surface area contributed by atoms with Gasteiger partial charge >= 0.3 is 35.8 Å². The maximum absolute atomic E-state index is 13.2. The molecule has 1 fully saturated rings. The third kappa shape index (κ3) is 34.0. The van der Waals surface area contributed by atoms with E-state index in [1.165, 1.54) is 77.6 Å². The molecule has 1 heterocycles. The van der Waals surface area contributed by atoms with Gasteiger partial charge in [0.1, 0.15) is 19.3 Å². The minimum Gasteiger partial charge on any atom is -0.463 e. The standard InChI is InChI=1S/C53H88O14/c1-7-9-11-13-15-17-19-21-23-25-27-29-31-33-35-37-48(58)61-39-46(66-49(59)38-36-34-32-30-28-26-24-22-20-18-16-14-12-10-8-2)40-62-53-52(65-45(6)57)51(64-44(5)56)50(63-43(4)55)47(67-53)41-60-42(3)54/h9,11,15,17,21,23,46-47,50-53H,7-8,10,12-14,16,18-20,22,24-41H2,1-6H3/b11-9-,17-15-,23-21-/t46?,47-,50-,51+,52-,53-/m1/s1. The summed E-state index contributed by atoms with van der Waals surface area (Å²) in [4.78, 5) is 74.6. The van der Waals surface area contributed by atoms with Crippen LogP contribution in [0.4, 0.5) is 0 Å². The van der Waals surface area contributed by atoms with Crippen molar-refractivity contribution < 1.29 is 66.7 Å². The topological polar surface area (TPSA) is 176 Å². The van der Waals surface area contributed by atoms with Crippen molar-refractivity contribution in [1.29, 1.82) is 0 Å². The summed E-state index contributed by atoms with van der Waals surface area (Å²) in [6.45, 7) is 7.80. The van der Waals surface area contributed by atoms with Crippen LogP contribution >= 0.6 is 0 Å². The number of carbonyl (C=O) groups excluding carboxylic acids is 6. The summed E-state index contributed by atoms with van der Waals surface area (Å²) in [5.74, 6) is -3.93. The first kappa shape index (κ1) is 61.0. The average Bonchev–Trinajstić information content (AvgIpc) is 3.27. The second kappa shape index (κ2) is 41.0. The van der Waals surface area contributed by atoms with E-state index in [4.69, 9.17) is 37.9 Å². The first-order valence-electron chi connectivity index (χ1n) is 25.6. The van der Waals surface area contributed by atoms with E-state index in [0.717, 1.165) is 91.4 Å². The van der Waals surface area contributed by atoms with Crippen molar-refractivity contribution in [3.05, 3.63) is 36.5 Å². The summed E-state index contributed by atoms with van der Waals surface area (Å²) < 4.78 is 45.1. The number of allylic oxidation sites excluding steroid dienone is 6. The molecule has 14 heteroatoms. The van der Waals surface area contributed by atoms with E-state index >= 15 is 0 Å². The lowest BCUT2D eigenvalue weighted by Crippen LogP contribution is -2.63. The van der Waals surface area contributed by atoms with E-state index in [-0.39, 0.29) is 26.1 Å². The number of hydrogen-bond acceptors (Lipinski definition) is 14. The molecule has 14 nitrogen and oxygen atoms in total. The molecule has 0 N–H and O–H groups in total. The Morgan fingerprint density at radius 3 is 1.46 bits per heavy atom. The van der Waals surface area contributed by atoms with Crippen LogP contribution in [0.15, 0.2) is 36.5 Å². The Bertz CT molecular complexity index is 1440. The van der Waals surface area contributed by atoms with Gasteiger partial charge in [0.2, 0.25) is 0 Å². The molecule has 0 aliphatic carbocycles. The molecule has 0 bridgehead atoms. The van der Waals surface area contributed by atoms with E-state index < -0.39 is 79.2 Å². The number of carbonyl (C=O) groups is 6. The molecule has 1 rings (SSSR count). The predicted octanol–water partition coefficient (Wildman–Crippen LogP) is 11.4. The Morgan fingerprint density at radius 2 is 0.940 bits per heavy atom. The highest BCUT2D eigenvalue weighted by atomic mass is 16.7. The van der Waals surface area contributed by atoms with Crippen LogP contribution in [0.2, 0.25) is 0 Å². The van der Waals surface area contributed by atoms with Crippen molar-refractivity contribution in [1.82, 2.24) is 0 Å². The van der Waals surface area contributed by atoms with Gasteiger partial charge in [-0.2, -0.15) is 0 Å². The second-order valence-corrected chi connectivity index (χ2v) is 17.5. The lowest BCUT2D eigenvalue weighted by Gasteiger charge is -2.44. The van der Waals surface area contributed by atoms with Gasteiger partial charge in [0.25, 0.3) is 0 Å². The smallest absolute Gasteiger partial charge is 0.306 e. The molecule has 1 aliphatic rings. The highest BCUT2D eigenvalue weighted by molar-refractivity contribution is 5.70. The zero-order valence-corrected chi connectivity index (χ0v) is 42.1. The summed E-state index contributed by atoms with van der Waals surface area (Å²) in [5.41, 5.74) is 0. The van der Waals surface area contributed by atoms with Crippen LogP contribution in [0.1, 0.15) is 208 Å². The SMILES string of the molecule is CC/C=C\C/C=C\C/C=C\CCCCCCCC(=O)OCC(CO[C@@H]1O[C@H](COC(C)=O)[C@@H](OC(C)=O)[C@H](OC(C)=O)[C@H]1OC(C)=O)OC(=O)CCCCCCCCCCCCCCCCC. The highest BCUT2D eigenvalue weighted by Gasteiger charge is 2.53. The van der Waals surface area contributed by atoms with Gasteiger partial charge in [0.15, 0.2) is 30.7 Å². The van der Waals surface area contributed by atoms with Crippen molar-refractivity contribution in [2.24, 2.45) is 0 Å². The van der Waals surface area contributed by atoms with Crippen molar-refractivity contribution >= 4 is 35.8 Å². The molecule has 6 atom stereocenters. The van der Waals surface area contributed by atoms with E-state index in [2.05, 4.69) is 50.3 Å². The lowest BCUT2D eigenvalue weighted by molar-refractivity contribution is -0.311. The highest BCUT2D eigenvalue weighted by Crippen LogP contribution is 2.30. The van der Waals surface area contributed by atoms with Crippen LogP contribution in [0.5, 0.6) is 0 Å². The molecule has 0 radical (unpaired) electrons. The summed E-state index contributed by atoms with van der Waals surface area (Å²) in [6.07, 6.45) is 32.0. The Kier molecular flexibility index (Phi) is 37.3. The molecule has 0 aromatic carbocycles. The zero-order chi connectivity index (χ0) is 49.3. The molecule has 67 heavy (non-hydrogen) atoms. The fourth-order valence-corrected chi connectivity index (χ4v) is 7.67. The Labute approximate surface area is 403 Å². The second-order valence-electron chi connectivity index (χ2n) is 17.5. The molecule has 0 saturated carbocycles. The first-order valence-corrected chi connectivity index (χ1v) is 25.6. The quantitative estimate of drug-likeness (QED) is 0.0245. The van der Waals surface area contributed by atoms with Crippen LogP contribution in [-0.2, 0) is 66.7 Å². The molecule has 0 spiro atoms. The van der Waals surface area contributed by atoms with Crippen LogP contribution < -0.4 is 0 Å². The zero-order valence-electron chi connectivity index (χ0n) is 42.1. The predicted molar refractivity (Wildman–Crippen MR) is 258 cm³/mol. The van der Waals surface area contributed by atoms with Crippen molar-refractivity contribution in [3.63, 3.8) is 0 Å². The van der Waals surface area contributed by atoms with Crippen LogP contribution in [0, 0.1) is 0 Å². The minimum absolute atomic E-state index is 0.158. The van der Waals surface area contributed by atoms with Gasteiger partial charge in [-0.3, -0.25) is 28.8 Å². The van der Waals surface area contributed by atoms with Crippen LogP contribution in [0.3, 0.4) is 0 Å². The van der Waals surface area contributed by atoms with Crippen LogP contribution in [-0.4, -0.2) is 92.4 Å². The van der Waals surface area contributed by atoms with E-state index in [1.54, 1.807) is 0 Å². The van der Waals surface area contributed by atoms with Gasteiger partial charge in [-0.15, -0.1) is 0 Å². The van der Waals surface area contributed by atoms with Gasteiger partial charge in [0.05, 0.1) is 6.61 Å². The number of ether oxygens (including phenoxy) is 8. The van der Waals surface area contributed by atoms with E-state index in [1.807, 2.05) is 0 Å². The molecular formula is C53H88O14. The molecule has 1 saturated heterocycles. The third-order valence-electron chi connectivity index (χ3n) is 11.1. The number of esters is 6. The summed E-state index contributed by atoms with van der Waals surface area (Å²) >= 11 is 0. The van der Waals surface area contributed by atoms with Gasteiger partial charge < -0.3 is 37.9 Å². The molecule has 0 aromatic rings. The summed E-state index contributed by atoms with van der Waals surface area (Å²) in [7, 11) is 0. The fourth-order valence-electron chi connectivity index (χ4n) is 7.67. The van der Waals surface area contributed by atoms with Gasteiger partial charge in [0, 0.05) is 40.5 Å². The first-order chi connectivity index (χ1) is 32.4. The van der Waals surface area contributed by atoms with E-state index in [0.29, 0.717) is 12.8 Å². The Morgan fingerprint density at radius 1 is 0.478 bits per heavy atom.